The first-order valence-corrected chi connectivity index (χ1v) is 12.5. The van der Waals surface area contributed by atoms with E-state index >= 15 is 0 Å². The number of anilines is 2. The molecule has 4 rings (SSSR count). The van der Waals surface area contributed by atoms with Gasteiger partial charge < -0.3 is 15.4 Å². The van der Waals surface area contributed by atoms with Gasteiger partial charge in [0.1, 0.15) is 5.75 Å². The molecule has 0 radical (unpaired) electrons. The van der Waals surface area contributed by atoms with Gasteiger partial charge in [0.15, 0.2) is 11.0 Å². The molecule has 35 heavy (non-hydrogen) atoms. The Balaban J connectivity index is 1.47. The lowest BCUT2D eigenvalue weighted by molar-refractivity contribution is -0.113. The highest BCUT2D eigenvalue weighted by atomic mass is 35.5. The van der Waals surface area contributed by atoms with Gasteiger partial charge in [-0.3, -0.25) is 9.36 Å². The van der Waals surface area contributed by atoms with Gasteiger partial charge in [-0.1, -0.05) is 47.1 Å². The molecule has 1 amide bonds. The van der Waals surface area contributed by atoms with Crippen molar-refractivity contribution in [3.05, 3.63) is 89.2 Å². The summed E-state index contributed by atoms with van der Waals surface area (Å²) in [5.41, 5.74) is 3.69. The molecule has 9 heteroatoms. The Morgan fingerprint density at radius 3 is 2.51 bits per heavy atom. The van der Waals surface area contributed by atoms with Crippen LogP contribution in [-0.2, 0) is 11.3 Å². The summed E-state index contributed by atoms with van der Waals surface area (Å²) in [6, 6.07) is 22.9. The third-order valence-corrected chi connectivity index (χ3v) is 6.21. The summed E-state index contributed by atoms with van der Waals surface area (Å²) >= 11 is 7.44. The third kappa shape index (κ3) is 6.77. The van der Waals surface area contributed by atoms with Gasteiger partial charge >= 0.3 is 0 Å². The molecular formula is C26H26ClN5O2S. The molecule has 7 nitrogen and oxygen atoms in total. The van der Waals surface area contributed by atoms with Gasteiger partial charge in [0, 0.05) is 22.1 Å². The number of aryl methyl sites for hydroxylation is 1. The number of halogens is 1. The van der Waals surface area contributed by atoms with Gasteiger partial charge in [-0.25, -0.2) is 0 Å². The minimum absolute atomic E-state index is 0.129. The number of thioether (sulfide) groups is 1. The molecule has 0 atom stereocenters. The second-order valence-corrected chi connectivity index (χ2v) is 9.11. The van der Waals surface area contributed by atoms with E-state index in [4.69, 9.17) is 16.3 Å². The molecule has 180 valence electrons. The zero-order valence-corrected chi connectivity index (χ0v) is 21.1. The third-order valence-electron chi connectivity index (χ3n) is 5.05. The summed E-state index contributed by atoms with van der Waals surface area (Å²) in [5.74, 6) is 1.56. The Morgan fingerprint density at radius 2 is 1.80 bits per heavy atom. The van der Waals surface area contributed by atoms with E-state index in [1.54, 1.807) is 0 Å². The predicted molar refractivity (Wildman–Crippen MR) is 142 cm³/mol. The second kappa shape index (κ2) is 11.8. The molecule has 3 aromatic carbocycles. The Morgan fingerprint density at radius 1 is 1.03 bits per heavy atom. The summed E-state index contributed by atoms with van der Waals surface area (Å²) in [4.78, 5) is 12.6. The molecule has 0 spiro atoms. The van der Waals surface area contributed by atoms with Crippen LogP contribution in [0.15, 0.2) is 78.0 Å². The van der Waals surface area contributed by atoms with Crippen LogP contribution < -0.4 is 15.4 Å². The highest BCUT2D eigenvalue weighted by molar-refractivity contribution is 7.99. The van der Waals surface area contributed by atoms with Gasteiger partial charge in [-0.15, -0.1) is 10.2 Å². The van der Waals surface area contributed by atoms with E-state index in [1.807, 2.05) is 91.2 Å². The lowest BCUT2D eigenvalue weighted by Gasteiger charge is -2.12. The SMILES string of the molecule is CCOc1ccc(NC(=O)CSc2nnc(CNc3cccc(Cl)c3)n2-c2ccc(C)cc2)cc1. The Bertz CT molecular complexity index is 1280. The van der Waals surface area contributed by atoms with Crippen molar-refractivity contribution in [1.29, 1.82) is 0 Å². The molecule has 0 saturated heterocycles. The fraction of sp³-hybridized carbons (Fsp3) is 0.192. The molecule has 4 aromatic rings. The van der Waals surface area contributed by atoms with E-state index < -0.39 is 0 Å². The average molecular weight is 508 g/mol. The van der Waals surface area contributed by atoms with Crippen LogP contribution in [0.3, 0.4) is 0 Å². The highest BCUT2D eigenvalue weighted by Gasteiger charge is 2.16. The number of nitrogens with one attached hydrogen (secondary N) is 2. The van der Waals surface area contributed by atoms with E-state index in [-0.39, 0.29) is 11.7 Å². The monoisotopic (exact) mass is 507 g/mol. The van der Waals surface area contributed by atoms with Crippen molar-refractivity contribution in [3.8, 4) is 11.4 Å². The molecule has 0 aliphatic rings. The number of nitrogens with zero attached hydrogens (tertiary/aromatic N) is 3. The maximum Gasteiger partial charge on any atom is 0.234 e. The second-order valence-electron chi connectivity index (χ2n) is 7.73. The number of carbonyl (C=O) groups excluding carboxylic acids is 1. The van der Waals surface area contributed by atoms with Crippen LogP contribution in [0.4, 0.5) is 11.4 Å². The van der Waals surface area contributed by atoms with Crippen molar-refractivity contribution in [3.63, 3.8) is 0 Å². The Labute approximate surface area is 213 Å². The maximum absolute atomic E-state index is 12.6. The van der Waals surface area contributed by atoms with Crippen LogP contribution in [0.5, 0.6) is 5.75 Å². The van der Waals surface area contributed by atoms with Crippen molar-refractivity contribution >= 4 is 40.6 Å². The van der Waals surface area contributed by atoms with Crippen molar-refractivity contribution in [2.45, 2.75) is 25.5 Å². The summed E-state index contributed by atoms with van der Waals surface area (Å²) in [6.07, 6.45) is 0. The first-order valence-electron chi connectivity index (χ1n) is 11.2. The molecule has 0 unspecified atom stereocenters. The fourth-order valence-electron chi connectivity index (χ4n) is 3.37. The van der Waals surface area contributed by atoms with Crippen LogP contribution in [-0.4, -0.2) is 33.0 Å². The summed E-state index contributed by atoms with van der Waals surface area (Å²) in [6.45, 7) is 5.01. The zero-order valence-electron chi connectivity index (χ0n) is 19.5. The molecule has 0 aliphatic carbocycles. The number of benzene rings is 3. The van der Waals surface area contributed by atoms with Crippen molar-refractivity contribution in [2.24, 2.45) is 0 Å². The normalized spacial score (nSPS) is 10.7. The summed E-state index contributed by atoms with van der Waals surface area (Å²) in [7, 11) is 0. The van der Waals surface area contributed by atoms with Gasteiger partial charge in [0.05, 0.1) is 18.9 Å². The molecule has 1 heterocycles. The topological polar surface area (TPSA) is 81.1 Å². The largest absolute Gasteiger partial charge is 0.494 e. The zero-order chi connectivity index (χ0) is 24.6. The first kappa shape index (κ1) is 24.6. The summed E-state index contributed by atoms with van der Waals surface area (Å²) in [5, 5.41) is 16.3. The standard InChI is InChI=1S/C26H26ClN5O2S/c1-3-34-23-13-9-20(10-14-23)29-25(33)17-35-26-31-30-24(16-28-21-6-4-5-19(27)15-21)32(26)22-11-7-18(2)8-12-22/h4-15,28H,3,16-17H2,1-2H3,(H,29,33). The van der Waals surface area contributed by atoms with E-state index in [0.717, 1.165) is 28.5 Å². The Kier molecular flexibility index (Phi) is 8.28. The van der Waals surface area contributed by atoms with E-state index in [9.17, 15) is 4.79 Å². The molecular weight excluding hydrogens is 482 g/mol. The van der Waals surface area contributed by atoms with E-state index in [2.05, 4.69) is 20.8 Å². The number of ether oxygens (including phenoxy) is 1. The lowest BCUT2D eigenvalue weighted by Crippen LogP contribution is -2.15. The van der Waals surface area contributed by atoms with Gasteiger partial charge in [0.2, 0.25) is 5.91 Å². The van der Waals surface area contributed by atoms with E-state index in [0.29, 0.717) is 29.0 Å². The first-order chi connectivity index (χ1) is 17.0. The fourth-order valence-corrected chi connectivity index (χ4v) is 4.33. The minimum atomic E-state index is -0.129. The molecule has 1 aromatic heterocycles. The molecule has 0 fully saturated rings. The number of rotatable bonds is 10. The number of hydrogen-bond acceptors (Lipinski definition) is 6. The van der Waals surface area contributed by atoms with Crippen molar-refractivity contribution < 1.29 is 9.53 Å². The smallest absolute Gasteiger partial charge is 0.234 e. The van der Waals surface area contributed by atoms with Crippen molar-refractivity contribution in [1.82, 2.24) is 14.8 Å². The molecule has 2 N–H and O–H groups in total. The average Bonchev–Trinajstić information content (AvgIpc) is 3.26. The number of carbonyl (C=O) groups is 1. The van der Waals surface area contributed by atoms with Crippen LogP contribution in [0.2, 0.25) is 5.02 Å². The molecule has 0 saturated carbocycles. The van der Waals surface area contributed by atoms with Crippen LogP contribution in [0.1, 0.15) is 18.3 Å². The minimum Gasteiger partial charge on any atom is -0.494 e. The molecule has 0 bridgehead atoms. The number of aromatic nitrogens is 3. The maximum atomic E-state index is 12.6. The van der Waals surface area contributed by atoms with Gasteiger partial charge in [0.25, 0.3) is 0 Å². The highest BCUT2D eigenvalue weighted by Crippen LogP contribution is 2.24. The lowest BCUT2D eigenvalue weighted by atomic mass is 10.2. The number of hydrogen-bond donors (Lipinski definition) is 2. The quantitative estimate of drug-likeness (QED) is 0.257. The van der Waals surface area contributed by atoms with Gasteiger partial charge in [-0.2, -0.15) is 0 Å². The number of amides is 1. The van der Waals surface area contributed by atoms with Crippen LogP contribution >= 0.6 is 23.4 Å². The van der Waals surface area contributed by atoms with Gasteiger partial charge in [-0.05, 0) is 68.4 Å². The van der Waals surface area contributed by atoms with Crippen molar-refractivity contribution in [2.75, 3.05) is 23.0 Å². The predicted octanol–water partition coefficient (Wildman–Crippen LogP) is 5.97. The van der Waals surface area contributed by atoms with Crippen LogP contribution in [0.25, 0.3) is 5.69 Å². The molecule has 0 aliphatic heterocycles. The Hall–Kier alpha value is -3.49. The summed E-state index contributed by atoms with van der Waals surface area (Å²) < 4.78 is 7.41. The van der Waals surface area contributed by atoms with E-state index in [1.165, 1.54) is 11.8 Å². The van der Waals surface area contributed by atoms with Crippen LogP contribution in [0, 0.1) is 6.92 Å².